The van der Waals surface area contributed by atoms with Gasteiger partial charge in [-0.2, -0.15) is 4.98 Å². The molecule has 0 bridgehead atoms. The molecular weight excluding hydrogens is 310 g/mol. The molecule has 0 amide bonds. The van der Waals surface area contributed by atoms with Crippen LogP contribution in [0.1, 0.15) is 24.2 Å². The van der Waals surface area contributed by atoms with Gasteiger partial charge in [-0.25, -0.2) is 0 Å². The van der Waals surface area contributed by atoms with Crippen LogP contribution in [-0.4, -0.2) is 16.2 Å². The number of ether oxygens (including phenoxy) is 1. The van der Waals surface area contributed by atoms with E-state index in [1.807, 2.05) is 25.1 Å². The van der Waals surface area contributed by atoms with Gasteiger partial charge in [0.05, 0.1) is 0 Å². The molecule has 19 heavy (non-hydrogen) atoms. The summed E-state index contributed by atoms with van der Waals surface area (Å²) in [6.07, 6.45) is 0.750. The lowest BCUT2D eigenvalue weighted by Gasteiger charge is -2.12. The van der Waals surface area contributed by atoms with Gasteiger partial charge >= 0.3 is 0 Å². The number of halogens is 1. The highest BCUT2D eigenvalue weighted by Gasteiger charge is 2.09. The molecule has 1 aromatic carbocycles. The first-order valence-electron chi connectivity index (χ1n) is 6.00. The van der Waals surface area contributed by atoms with Crippen molar-refractivity contribution in [1.29, 1.82) is 0 Å². The molecule has 1 aromatic heterocycles. The summed E-state index contributed by atoms with van der Waals surface area (Å²) in [6.45, 7) is 4.00. The SMILES string of the molecule is Cc1nc(COc2ccc(Br)cc2CC(C)N)no1. The zero-order valence-electron chi connectivity index (χ0n) is 10.9. The number of hydrogen-bond acceptors (Lipinski definition) is 5. The van der Waals surface area contributed by atoms with Crippen molar-refractivity contribution in [1.82, 2.24) is 10.1 Å². The maximum atomic E-state index is 5.84. The summed E-state index contributed by atoms with van der Waals surface area (Å²) < 4.78 is 11.6. The van der Waals surface area contributed by atoms with Crippen LogP contribution in [0.2, 0.25) is 0 Å². The summed E-state index contributed by atoms with van der Waals surface area (Å²) in [5.74, 6) is 1.86. The Hall–Kier alpha value is -1.40. The topological polar surface area (TPSA) is 74.2 Å². The van der Waals surface area contributed by atoms with Crippen molar-refractivity contribution in [3.8, 4) is 5.75 Å². The highest BCUT2D eigenvalue weighted by molar-refractivity contribution is 9.10. The van der Waals surface area contributed by atoms with Gasteiger partial charge in [-0.05, 0) is 37.1 Å². The van der Waals surface area contributed by atoms with Crippen molar-refractivity contribution in [3.05, 3.63) is 40.0 Å². The van der Waals surface area contributed by atoms with Crippen LogP contribution in [0, 0.1) is 6.92 Å². The summed E-state index contributed by atoms with van der Waals surface area (Å²) in [5.41, 5.74) is 6.90. The Kier molecular flexibility index (Phi) is 4.55. The van der Waals surface area contributed by atoms with Crippen molar-refractivity contribution >= 4 is 15.9 Å². The summed E-state index contributed by atoms with van der Waals surface area (Å²) in [5, 5.41) is 3.79. The first-order valence-corrected chi connectivity index (χ1v) is 6.80. The molecule has 0 fully saturated rings. The lowest BCUT2D eigenvalue weighted by atomic mass is 10.1. The molecule has 1 atom stereocenters. The van der Waals surface area contributed by atoms with Gasteiger partial charge in [0, 0.05) is 17.4 Å². The van der Waals surface area contributed by atoms with Crippen LogP contribution in [0.15, 0.2) is 27.2 Å². The van der Waals surface area contributed by atoms with Crippen molar-refractivity contribution < 1.29 is 9.26 Å². The maximum absolute atomic E-state index is 5.84. The monoisotopic (exact) mass is 325 g/mol. The number of hydrogen-bond donors (Lipinski definition) is 1. The molecule has 0 spiro atoms. The fourth-order valence-electron chi connectivity index (χ4n) is 1.74. The molecule has 0 saturated carbocycles. The van der Waals surface area contributed by atoms with Crippen LogP contribution >= 0.6 is 15.9 Å². The lowest BCUT2D eigenvalue weighted by Crippen LogP contribution is -2.18. The van der Waals surface area contributed by atoms with E-state index in [2.05, 4.69) is 26.1 Å². The molecule has 1 heterocycles. The standard InChI is InChI=1S/C13H16BrN3O2/c1-8(15)5-10-6-11(14)3-4-12(10)18-7-13-16-9(2)19-17-13/h3-4,6,8H,5,7,15H2,1-2H3. The second-order valence-corrected chi connectivity index (χ2v) is 5.37. The molecule has 2 aromatic rings. The van der Waals surface area contributed by atoms with Gasteiger partial charge in [-0.1, -0.05) is 21.1 Å². The Morgan fingerprint density at radius 1 is 1.47 bits per heavy atom. The number of nitrogens with zero attached hydrogens (tertiary/aromatic N) is 2. The van der Waals surface area contributed by atoms with Gasteiger partial charge in [0.25, 0.3) is 0 Å². The van der Waals surface area contributed by atoms with Gasteiger partial charge in [0.15, 0.2) is 6.61 Å². The molecule has 102 valence electrons. The van der Waals surface area contributed by atoms with Crippen molar-refractivity contribution in [2.75, 3.05) is 0 Å². The predicted octanol–water partition coefficient (Wildman–Crippen LogP) is 2.61. The third kappa shape index (κ3) is 4.04. The number of aryl methyl sites for hydroxylation is 1. The van der Waals surface area contributed by atoms with Crippen LogP contribution in [0.4, 0.5) is 0 Å². The van der Waals surface area contributed by atoms with Gasteiger partial charge < -0.3 is 15.0 Å². The summed E-state index contributed by atoms with van der Waals surface area (Å²) in [6, 6.07) is 5.93. The minimum Gasteiger partial charge on any atom is -0.485 e. The molecule has 0 aliphatic carbocycles. The summed E-state index contributed by atoms with van der Waals surface area (Å²) >= 11 is 3.45. The van der Waals surface area contributed by atoms with Crippen molar-refractivity contribution in [2.45, 2.75) is 32.9 Å². The van der Waals surface area contributed by atoms with E-state index < -0.39 is 0 Å². The highest BCUT2D eigenvalue weighted by atomic mass is 79.9. The molecule has 0 saturated heterocycles. The van der Waals surface area contributed by atoms with Gasteiger partial charge in [0.1, 0.15) is 5.75 Å². The van der Waals surface area contributed by atoms with Gasteiger partial charge in [0.2, 0.25) is 11.7 Å². The molecular formula is C13H16BrN3O2. The first kappa shape index (κ1) is 14.0. The molecule has 5 nitrogen and oxygen atoms in total. The fraction of sp³-hybridized carbons (Fsp3) is 0.385. The zero-order chi connectivity index (χ0) is 13.8. The van der Waals surface area contributed by atoms with E-state index in [1.54, 1.807) is 6.92 Å². The number of benzene rings is 1. The van der Waals surface area contributed by atoms with E-state index >= 15 is 0 Å². The van der Waals surface area contributed by atoms with E-state index in [9.17, 15) is 0 Å². The van der Waals surface area contributed by atoms with Crippen LogP contribution in [-0.2, 0) is 13.0 Å². The Balaban J connectivity index is 2.10. The van der Waals surface area contributed by atoms with E-state index in [0.717, 1.165) is 22.2 Å². The number of nitrogens with two attached hydrogens (primary N) is 1. The average Bonchev–Trinajstić information content (AvgIpc) is 2.73. The molecule has 2 rings (SSSR count). The molecule has 0 aliphatic rings. The fourth-order valence-corrected chi connectivity index (χ4v) is 2.15. The van der Waals surface area contributed by atoms with Gasteiger partial charge in [-0.3, -0.25) is 0 Å². The molecule has 0 radical (unpaired) electrons. The van der Waals surface area contributed by atoms with Crippen LogP contribution in [0.5, 0.6) is 5.75 Å². The molecule has 6 heteroatoms. The minimum absolute atomic E-state index is 0.0732. The van der Waals surface area contributed by atoms with E-state index in [0.29, 0.717) is 11.7 Å². The zero-order valence-corrected chi connectivity index (χ0v) is 12.5. The van der Waals surface area contributed by atoms with E-state index in [4.69, 9.17) is 15.0 Å². The smallest absolute Gasteiger partial charge is 0.223 e. The molecule has 2 N–H and O–H groups in total. The Morgan fingerprint density at radius 3 is 2.89 bits per heavy atom. The predicted molar refractivity (Wildman–Crippen MR) is 74.9 cm³/mol. The third-order valence-corrected chi connectivity index (χ3v) is 2.98. The summed E-state index contributed by atoms with van der Waals surface area (Å²) in [4.78, 5) is 4.10. The molecule has 0 aliphatic heterocycles. The van der Waals surface area contributed by atoms with Crippen molar-refractivity contribution in [2.24, 2.45) is 5.73 Å². The average molecular weight is 326 g/mol. The number of aromatic nitrogens is 2. The molecule has 1 unspecified atom stereocenters. The van der Waals surface area contributed by atoms with E-state index in [1.165, 1.54) is 0 Å². The number of rotatable bonds is 5. The Bertz CT molecular complexity index is 555. The van der Waals surface area contributed by atoms with Crippen LogP contribution in [0.3, 0.4) is 0 Å². The van der Waals surface area contributed by atoms with Crippen LogP contribution < -0.4 is 10.5 Å². The second kappa shape index (κ2) is 6.16. The normalized spacial score (nSPS) is 12.4. The van der Waals surface area contributed by atoms with Gasteiger partial charge in [-0.15, -0.1) is 0 Å². The minimum atomic E-state index is 0.0732. The maximum Gasteiger partial charge on any atom is 0.223 e. The van der Waals surface area contributed by atoms with Crippen LogP contribution in [0.25, 0.3) is 0 Å². The third-order valence-electron chi connectivity index (χ3n) is 2.49. The highest BCUT2D eigenvalue weighted by Crippen LogP contribution is 2.25. The first-order chi connectivity index (χ1) is 9.04. The summed E-state index contributed by atoms with van der Waals surface area (Å²) in [7, 11) is 0. The second-order valence-electron chi connectivity index (χ2n) is 4.45. The van der Waals surface area contributed by atoms with E-state index in [-0.39, 0.29) is 12.6 Å². The lowest BCUT2D eigenvalue weighted by molar-refractivity contribution is 0.282. The largest absolute Gasteiger partial charge is 0.485 e. The Labute approximate surface area is 120 Å². The quantitative estimate of drug-likeness (QED) is 0.914. The van der Waals surface area contributed by atoms with Crippen molar-refractivity contribution in [3.63, 3.8) is 0 Å². The Morgan fingerprint density at radius 2 is 2.26 bits per heavy atom.